The van der Waals surface area contributed by atoms with E-state index in [-0.39, 0.29) is 16.9 Å². The van der Waals surface area contributed by atoms with Gasteiger partial charge >= 0.3 is 0 Å². The third kappa shape index (κ3) is 7.98. The highest BCUT2D eigenvalue weighted by Crippen LogP contribution is 2.44. The average molecular weight is 598 g/mol. The number of aryl methyl sites for hydroxylation is 1. The first kappa shape index (κ1) is 32.8. The minimum Gasteiger partial charge on any atom is -0.459 e. The number of ether oxygens (including phenoxy) is 1. The molecule has 0 amide bonds. The Kier molecular flexibility index (Phi) is 12.4. The SMILES string of the molecule is C=C(C)S/C(=C(/Oc1c(C)c(F)c(NS(=O)C2CCC2)c2ccccc12)C(C)CC)c1ccnc(CC)n1.CCC. The first-order chi connectivity index (χ1) is 19.7. The van der Waals surface area contributed by atoms with Crippen molar-refractivity contribution in [1.29, 1.82) is 0 Å². The molecule has 0 aliphatic heterocycles. The Morgan fingerprint density at radius 3 is 2.41 bits per heavy atom. The average Bonchev–Trinajstić information content (AvgIpc) is 2.93. The summed E-state index contributed by atoms with van der Waals surface area (Å²) in [5.41, 5.74) is 1.40. The van der Waals surface area contributed by atoms with Crippen LogP contribution in [0.25, 0.3) is 15.7 Å². The summed E-state index contributed by atoms with van der Waals surface area (Å²) in [5, 5.41) is 1.47. The van der Waals surface area contributed by atoms with Crippen molar-refractivity contribution in [3.8, 4) is 5.75 Å². The predicted molar refractivity (Wildman–Crippen MR) is 175 cm³/mol. The van der Waals surface area contributed by atoms with E-state index in [0.29, 0.717) is 28.9 Å². The van der Waals surface area contributed by atoms with Crippen LogP contribution in [0.1, 0.15) is 90.7 Å². The van der Waals surface area contributed by atoms with Gasteiger partial charge in [0.05, 0.1) is 21.5 Å². The van der Waals surface area contributed by atoms with Gasteiger partial charge in [0.2, 0.25) is 0 Å². The number of benzene rings is 2. The molecule has 0 radical (unpaired) electrons. The molecule has 0 saturated heterocycles. The van der Waals surface area contributed by atoms with Crippen molar-refractivity contribution in [2.24, 2.45) is 5.92 Å². The molecule has 222 valence electrons. The summed E-state index contributed by atoms with van der Waals surface area (Å²) in [6.45, 7) is 18.3. The molecule has 2 aromatic carbocycles. The molecule has 5 nitrogen and oxygen atoms in total. The normalized spacial score (nSPS) is 15.2. The quantitative estimate of drug-likeness (QED) is 0.223. The molecule has 41 heavy (non-hydrogen) atoms. The van der Waals surface area contributed by atoms with Gasteiger partial charge in [-0.25, -0.2) is 18.6 Å². The van der Waals surface area contributed by atoms with E-state index in [1.165, 1.54) is 18.2 Å². The third-order valence-corrected chi connectivity index (χ3v) is 9.36. The van der Waals surface area contributed by atoms with Crippen LogP contribution in [0.5, 0.6) is 5.75 Å². The molecule has 1 aliphatic carbocycles. The Balaban J connectivity index is 0.00000147. The fraction of sp³-hybridized carbons (Fsp3) is 0.455. The number of aromatic nitrogens is 2. The molecule has 1 aliphatic rings. The smallest absolute Gasteiger partial charge is 0.154 e. The number of rotatable bonds is 11. The molecule has 2 unspecified atom stereocenters. The highest BCUT2D eigenvalue weighted by molar-refractivity contribution is 8.11. The number of fused-ring (bicyclic) bond motifs is 1. The Bertz CT molecular complexity index is 1420. The van der Waals surface area contributed by atoms with Gasteiger partial charge in [-0.3, -0.25) is 0 Å². The van der Waals surface area contributed by atoms with Gasteiger partial charge in [-0.05, 0) is 44.1 Å². The molecular formula is C33H44FN3O2S2. The number of nitrogens with one attached hydrogen (secondary N) is 1. The van der Waals surface area contributed by atoms with E-state index in [4.69, 9.17) is 9.72 Å². The molecule has 1 N–H and O–H groups in total. The van der Waals surface area contributed by atoms with Crippen molar-refractivity contribution < 1.29 is 13.3 Å². The van der Waals surface area contributed by atoms with Gasteiger partial charge in [-0.2, -0.15) is 0 Å². The Morgan fingerprint density at radius 1 is 1.20 bits per heavy atom. The number of halogens is 1. The summed E-state index contributed by atoms with van der Waals surface area (Å²) < 4.78 is 38.6. The second-order valence-corrected chi connectivity index (χ2v) is 13.2. The lowest BCUT2D eigenvalue weighted by Crippen LogP contribution is -2.28. The van der Waals surface area contributed by atoms with Crippen molar-refractivity contribution in [2.75, 3.05) is 4.72 Å². The van der Waals surface area contributed by atoms with Crippen LogP contribution in [-0.4, -0.2) is 19.4 Å². The number of hydrogen-bond acceptors (Lipinski definition) is 5. The van der Waals surface area contributed by atoms with Crippen LogP contribution in [0.15, 0.2) is 53.8 Å². The van der Waals surface area contributed by atoms with Gasteiger partial charge < -0.3 is 9.46 Å². The van der Waals surface area contributed by atoms with Crippen molar-refractivity contribution in [2.45, 2.75) is 92.2 Å². The number of nitrogens with zero attached hydrogens (tertiary/aromatic N) is 2. The molecule has 0 bridgehead atoms. The van der Waals surface area contributed by atoms with E-state index in [2.05, 4.69) is 44.0 Å². The Hall–Kier alpha value is -2.71. The summed E-state index contributed by atoms with van der Waals surface area (Å²) in [6.07, 6.45) is 7.40. The lowest BCUT2D eigenvalue weighted by molar-refractivity contribution is 0.356. The molecular weight excluding hydrogens is 554 g/mol. The van der Waals surface area contributed by atoms with Crippen LogP contribution in [-0.2, 0) is 17.4 Å². The highest BCUT2D eigenvalue weighted by atomic mass is 32.2. The van der Waals surface area contributed by atoms with Crippen LogP contribution < -0.4 is 9.46 Å². The summed E-state index contributed by atoms with van der Waals surface area (Å²) in [5.74, 6) is 1.50. The lowest BCUT2D eigenvalue weighted by atomic mass is 10.0. The maximum absolute atomic E-state index is 16.0. The fourth-order valence-corrected chi connectivity index (χ4v) is 6.51. The van der Waals surface area contributed by atoms with Crippen molar-refractivity contribution >= 4 is 44.1 Å². The van der Waals surface area contributed by atoms with Gasteiger partial charge in [0.25, 0.3) is 0 Å². The first-order valence-corrected chi connectivity index (χ1v) is 16.6. The Morgan fingerprint density at radius 2 is 1.85 bits per heavy atom. The fourth-order valence-electron chi connectivity index (χ4n) is 4.27. The summed E-state index contributed by atoms with van der Waals surface area (Å²) >= 11 is 1.51. The van der Waals surface area contributed by atoms with Crippen molar-refractivity contribution in [3.05, 3.63) is 76.7 Å². The number of thioether (sulfide) groups is 1. The van der Waals surface area contributed by atoms with Crippen LogP contribution in [0, 0.1) is 18.7 Å². The number of hydrogen-bond donors (Lipinski definition) is 1. The van der Waals surface area contributed by atoms with Crippen molar-refractivity contribution in [1.82, 2.24) is 9.97 Å². The molecule has 1 saturated carbocycles. The van der Waals surface area contributed by atoms with Gasteiger partial charge in [0, 0.05) is 34.9 Å². The summed E-state index contributed by atoms with van der Waals surface area (Å²) in [6, 6.07) is 9.42. The van der Waals surface area contributed by atoms with E-state index >= 15 is 4.39 Å². The van der Waals surface area contributed by atoms with E-state index in [9.17, 15) is 4.21 Å². The maximum atomic E-state index is 16.0. The van der Waals surface area contributed by atoms with Crippen molar-refractivity contribution in [3.63, 3.8) is 0 Å². The van der Waals surface area contributed by atoms with Gasteiger partial charge in [0.1, 0.15) is 28.3 Å². The maximum Gasteiger partial charge on any atom is 0.154 e. The van der Waals surface area contributed by atoms with Crippen LogP contribution in [0.4, 0.5) is 10.1 Å². The van der Waals surface area contributed by atoms with Gasteiger partial charge in [0.15, 0.2) is 5.82 Å². The molecule has 0 spiro atoms. The first-order valence-electron chi connectivity index (χ1n) is 14.6. The molecule has 3 aromatic rings. The van der Waals surface area contributed by atoms with Crippen LogP contribution in [0.2, 0.25) is 0 Å². The summed E-state index contributed by atoms with van der Waals surface area (Å²) in [7, 11) is -1.34. The minimum atomic E-state index is -1.34. The molecule has 4 rings (SSSR count). The molecule has 8 heteroatoms. The predicted octanol–water partition coefficient (Wildman–Crippen LogP) is 9.74. The van der Waals surface area contributed by atoms with Crippen LogP contribution in [0.3, 0.4) is 0 Å². The van der Waals surface area contributed by atoms with Gasteiger partial charge in [-0.15, -0.1) is 0 Å². The minimum absolute atomic E-state index is 0.0297. The van der Waals surface area contributed by atoms with E-state index < -0.39 is 16.8 Å². The highest BCUT2D eigenvalue weighted by Gasteiger charge is 2.28. The zero-order valence-electron chi connectivity index (χ0n) is 25.5. The largest absolute Gasteiger partial charge is 0.459 e. The number of allylic oxidation sites excluding steroid dienone is 2. The van der Waals surface area contributed by atoms with Crippen LogP contribution >= 0.6 is 11.8 Å². The van der Waals surface area contributed by atoms with E-state index in [1.807, 2.05) is 44.2 Å². The Labute approximate surface area is 252 Å². The summed E-state index contributed by atoms with van der Waals surface area (Å²) in [4.78, 5) is 10.9. The molecule has 2 atom stereocenters. The zero-order chi connectivity index (χ0) is 30.1. The monoisotopic (exact) mass is 597 g/mol. The zero-order valence-corrected chi connectivity index (χ0v) is 27.1. The number of anilines is 1. The standard InChI is InChI=1S/C30H36FN3O2S2.C3H8/c1-7-19(5)28(30(37-18(3)4)24-16-17-32-25(8-2)33-24)36-29-20(6)26(31)27(22-14-9-10-15-23(22)29)34-38(35)21-12-11-13-21;1-3-2/h9-10,14-17,19,21,34H,3,7-8,11-13H2,1-2,4-6H3;3H2,1-2H3/b30-28+;. The molecule has 1 fully saturated rings. The molecule has 1 aromatic heterocycles. The topological polar surface area (TPSA) is 64.1 Å². The van der Waals surface area contributed by atoms with Gasteiger partial charge in [-0.1, -0.05) is 90.1 Å². The second kappa shape index (κ2) is 15.5. The third-order valence-electron chi connectivity index (χ3n) is 6.91. The van der Waals surface area contributed by atoms with E-state index in [1.54, 1.807) is 13.1 Å². The lowest BCUT2D eigenvalue weighted by Gasteiger charge is -2.26. The second-order valence-electron chi connectivity index (χ2n) is 10.5. The van der Waals surface area contributed by atoms with E-state index in [0.717, 1.165) is 52.4 Å². The molecule has 1 heterocycles.